The number of hydrogen-bond acceptors (Lipinski definition) is 8. The van der Waals surface area contributed by atoms with Gasteiger partial charge in [0.05, 0.1) is 11.1 Å². The molecule has 0 unspecified atom stereocenters. The number of benzene rings is 3. The van der Waals surface area contributed by atoms with Crippen LogP contribution in [-0.2, 0) is 27.7 Å². The normalized spacial score (nSPS) is 12.3. The van der Waals surface area contributed by atoms with E-state index in [0.717, 1.165) is 28.9 Å². The number of aryl methyl sites for hydroxylation is 2. The monoisotopic (exact) mass is 677 g/mol. The summed E-state index contributed by atoms with van der Waals surface area (Å²) in [5.74, 6) is -1.89. The highest BCUT2D eigenvalue weighted by Crippen LogP contribution is 2.29. The van der Waals surface area contributed by atoms with Crippen LogP contribution < -0.4 is 26.0 Å². The minimum atomic E-state index is -5.08. The molecule has 3 aromatic carbocycles. The third-order valence-electron chi connectivity index (χ3n) is 6.23. The zero-order valence-electron chi connectivity index (χ0n) is 23.7. The lowest BCUT2D eigenvalue weighted by atomic mass is 10.0. The van der Waals surface area contributed by atoms with Crippen molar-refractivity contribution in [2.24, 2.45) is 0 Å². The topological polar surface area (TPSA) is 174 Å². The van der Waals surface area contributed by atoms with E-state index in [1.54, 1.807) is 24.3 Å². The van der Waals surface area contributed by atoms with Gasteiger partial charge in [-0.3, -0.25) is 0 Å². The van der Waals surface area contributed by atoms with E-state index in [-0.39, 0.29) is 18.0 Å². The Labute approximate surface area is 266 Å². The summed E-state index contributed by atoms with van der Waals surface area (Å²) in [6.07, 6.45) is -2.16. The molecule has 1 aromatic heterocycles. The molecule has 2 amide bonds. The van der Waals surface area contributed by atoms with Gasteiger partial charge in [0.15, 0.2) is 5.82 Å². The standard InChI is InChI=1S/C27H26ClN7O3S.C2HF3O2/c28-23-17-30-26-33-20-6-4-5-18(15-20)9-10-19-16-21(32-25(23)35-26)11-12-24(19)34-27(36)29-13-14-31-39(37,38)22-7-2-1-3-8-22;3-2(4,5)1(6)7/h1-8,11-12,15-17,31H,9-10,13-14H2,(H2,29,34,36)(H2,30,32,33,35);(H,6,7). The molecule has 6 N–H and O–H groups in total. The molecule has 4 aromatic rings. The number of sulfonamides is 1. The van der Waals surface area contributed by atoms with E-state index in [0.29, 0.717) is 28.9 Å². The van der Waals surface area contributed by atoms with Crippen molar-refractivity contribution in [3.63, 3.8) is 0 Å². The first-order valence-electron chi connectivity index (χ1n) is 13.5. The minimum absolute atomic E-state index is 0.0480. The Kier molecular flexibility index (Phi) is 11.0. The molecule has 0 saturated heterocycles. The Morgan fingerprint density at radius 1 is 0.935 bits per heavy atom. The van der Waals surface area contributed by atoms with Crippen molar-refractivity contribution in [3.05, 3.63) is 95.1 Å². The summed E-state index contributed by atoms with van der Waals surface area (Å²) >= 11 is 6.33. The molecule has 17 heteroatoms. The van der Waals surface area contributed by atoms with Gasteiger partial charge in [-0.05, 0) is 66.4 Å². The first-order valence-corrected chi connectivity index (χ1v) is 15.3. The quantitative estimate of drug-likeness (QED) is 0.145. The molecule has 1 aliphatic heterocycles. The summed E-state index contributed by atoms with van der Waals surface area (Å²) in [5, 5.41) is 19.5. The number of amides is 2. The summed E-state index contributed by atoms with van der Waals surface area (Å²) in [6.45, 7) is 0.160. The number of nitrogens with one attached hydrogen (secondary N) is 5. The van der Waals surface area contributed by atoms with E-state index in [1.807, 2.05) is 36.4 Å². The summed E-state index contributed by atoms with van der Waals surface area (Å²) in [6, 6.07) is 21.2. The molecule has 12 nitrogen and oxygen atoms in total. The number of nitrogens with zero attached hydrogens (tertiary/aromatic N) is 2. The number of aromatic nitrogens is 2. The Morgan fingerprint density at radius 2 is 1.65 bits per heavy atom. The highest BCUT2D eigenvalue weighted by atomic mass is 35.5. The lowest BCUT2D eigenvalue weighted by Gasteiger charge is -2.15. The second-order valence-electron chi connectivity index (χ2n) is 9.61. The van der Waals surface area contributed by atoms with E-state index in [9.17, 15) is 26.4 Å². The van der Waals surface area contributed by atoms with E-state index in [2.05, 4.69) is 36.0 Å². The van der Waals surface area contributed by atoms with Crippen LogP contribution >= 0.6 is 11.6 Å². The number of rotatable bonds is 6. The van der Waals surface area contributed by atoms with Gasteiger partial charge in [-0.1, -0.05) is 41.9 Å². The summed E-state index contributed by atoms with van der Waals surface area (Å²) < 4.78 is 58.9. The lowest BCUT2D eigenvalue weighted by molar-refractivity contribution is -0.192. The van der Waals surface area contributed by atoms with Gasteiger partial charge in [-0.25, -0.2) is 27.7 Å². The van der Waals surface area contributed by atoms with Gasteiger partial charge in [0.25, 0.3) is 0 Å². The molecule has 0 spiro atoms. The maximum Gasteiger partial charge on any atom is 0.490 e. The van der Waals surface area contributed by atoms with E-state index >= 15 is 0 Å². The number of carbonyl (C=O) groups excluding carboxylic acids is 1. The highest BCUT2D eigenvalue weighted by molar-refractivity contribution is 7.89. The van der Waals surface area contributed by atoms with Gasteiger partial charge in [-0.15, -0.1) is 0 Å². The van der Waals surface area contributed by atoms with Crippen LogP contribution in [0.15, 0.2) is 83.9 Å². The third kappa shape index (κ3) is 9.79. The molecule has 0 atom stereocenters. The summed E-state index contributed by atoms with van der Waals surface area (Å²) in [7, 11) is -3.64. The van der Waals surface area contributed by atoms with Crippen molar-refractivity contribution in [1.29, 1.82) is 0 Å². The van der Waals surface area contributed by atoms with Gasteiger partial charge in [0.2, 0.25) is 16.0 Å². The average molecular weight is 678 g/mol. The highest BCUT2D eigenvalue weighted by Gasteiger charge is 2.38. The molecule has 2 heterocycles. The number of aliphatic carboxylic acids is 1. The Balaban J connectivity index is 0.000000617. The number of anilines is 5. The SMILES string of the molecule is O=C(NCCNS(=O)(=O)c1ccccc1)Nc1ccc2cc1CCc1cccc(c1)Nc1ncc(Cl)c(n1)N2.O=C(O)C(F)(F)F. The van der Waals surface area contributed by atoms with Gasteiger partial charge >= 0.3 is 18.2 Å². The van der Waals surface area contributed by atoms with Crippen LogP contribution in [0.4, 0.5) is 46.8 Å². The fourth-order valence-electron chi connectivity index (χ4n) is 4.08. The predicted molar refractivity (Wildman–Crippen MR) is 166 cm³/mol. The van der Waals surface area contributed by atoms with Crippen LogP contribution in [-0.4, -0.2) is 54.8 Å². The van der Waals surface area contributed by atoms with Crippen LogP contribution in [0.2, 0.25) is 5.02 Å². The Bertz CT molecular complexity index is 1810. The number of carboxylic acid groups (broad SMARTS) is 1. The molecule has 46 heavy (non-hydrogen) atoms. The van der Waals surface area contributed by atoms with Crippen LogP contribution in [0, 0.1) is 0 Å². The maximum absolute atomic E-state index is 12.6. The van der Waals surface area contributed by atoms with Gasteiger partial charge in [0.1, 0.15) is 5.02 Å². The molecular formula is C29H27ClF3N7O5S. The molecule has 0 fully saturated rings. The fourth-order valence-corrected chi connectivity index (χ4v) is 5.27. The number of halogens is 4. The van der Waals surface area contributed by atoms with E-state index in [4.69, 9.17) is 21.5 Å². The van der Waals surface area contributed by atoms with Gasteiger partial charge < -0.3 is 26.4 Å². The maximum atomic E-state index is 12.6. The van der Waals surface area contributed by atoms with Crippen molar-refractivity contribution in [1.82, 2.24) is 20.0 Å². The summed E-state index contributed by atoms with van der Waals surface area (Å²) in [5.41, 5.74) is 4.26. The second-order valence-corrected chi connectivity index (χ2v) is 11.8. The second kappa shape index (κ2) is 14.9. The first-order chi connectivity index (χ1) is 21.8. The molecule has 6 bridgehead atoms. The van der Waals surface area contributed by atoms with Crippen LogP contribution in [0.25, 0.3) is 0 Å². The Morgan fingerprint density at radius 3 is 2.37 bits per heavy atom. The van der Waals surface area contributed by atoms with Crippen molar-refractivity contribution in [2.45, 2.75) is 23.9 Å². The van der Waals surface area contributed by atoms with Crippen molar-refractivity contribution >= 4 is 62.5 Å². The zero-order valence-corrected chi connectivity index (χ0v) is 25.3. The third-order valence-corrected chi connectivity index (χ3v) is 7.98. The number of carbonyl (C=O) groups is 2. The van der Waals surface area contributed by atoms with Gasteiger partial charge in [0, 0.05) is 30.2 Å². The summed E-state index contributed by atoms with van der Waals surface area (Å²) in [4.78, 5) is 30.5. The van der Waals surface area contributed by atoms with Crippen LogP contribution in [0.5, 0.6) is 0 Å². The van der Waals surface area contributed by atoms with E-state index in [1.165, 1.54) is 18.3 Å². The number of fused-ring (bicyclic) bond motifs is 6. The molecule has 1 aliphatic rings. The van der Waals surface area contributed by atoms with Crippen LogP contribution in [0.1, 0.15) is 11.1 Å². The lowest BCUT2D eigenvalue weighted by Crippen LogP contribution is -2.37. The zero-order chi connectivity index (χ0) is 33.3. The Hall–Kier alpha value is -4.93. The number of alkyl halides is 3. The predicted octanol–water partition coefficient (Wildman–Crippen LogP) is 5.45. The molecular weight excluding hydrogens is 651 g/mol. The van der Waals surface area contributed by atoms with Crippen molar-refractivity contribution < 1.29 is 36.3 Å². The van der Waals surface area contributed by atoms with Gasteiger partial charge in [-0.2, -0.15) is 18.2 Å². The van der Waals surface area contributed by atoms with E-state index < -0.39 is 28.2 Å². The minimum Gasteiger partial charge on any atom is -0.475 e. The smallest absolute Gasteiger partial charge is 0.475 e. The molecule has 0 aliphatic carbocycles. The molecule has 0 radical (unpaired) electrons. The first kappa shape index (κ1) is 34.0. The van der Waals surface area contributed by atoms with Crippen molar-refractivity contribution in [3.8, 4) is 0 Å². The average Bonchev–Trinajstić information content (AvgIpc) is 3.01. The van der Waals surface area contributed by atoms with Crippen LogP contribution in [0.3, 0.4) is 0 Å². The van der Waals surface area contributed by atoms with Crippen molar-refractivity contribution in [2.75, 3.05) is 29.0 Å². The largest absolute Gasteiger partial charge is 0.490 e. The molecule has 242 valence electrons. The number of hydrogen-bond donors (Lipinski definition) is 6. The number of urea groups is 1. The number of carboxylic acids is 1. The molecule has 5 rings (SSSR count). The fraction of sp³-hybridized carbons (Fsp3) is 0.172. The molecule has 0 saturated carbocycles.